The van der Waals surface area contributed by atoms with Gasteiger partial charge in [0, 0.05) is 0 Å². The van der Waals surface area contributed by atoms with E-state index in [1.54, 1.807) is 0 Å². The van der Waals surface area contributed by atoms with Crippen LogP contribution in [0.15, 0.2) is 0 Å². The molecule has 0 radical (unpaired) electrons. The third-order valence-electron chi connectivity index (χ3n) is 6.34. The molecule has 0 fully saturated rings. The predicted octanol–water partition coefficient (Wildman–Crippen LogP) is 4.67. The highest BCUT2D eigenvalue weighted by molar-refractivity contribution is 6.27. The van der Waals surface area contributed by atoms with Crippen LogP contribution in [0, 0.1) is 0 Å². The number of rotatable bonds is 21. The fourth-order valence-corrected chi connectivity index (χ4v) is 4.16. The Balaban J connectivity index is -0.00000113. The number of quaternary nitrogens is 1. The molecule has 0 spiro atoms. The molecular formula is C27H56ClNO4. The van der Waals surface area contributed by atoms with Crippen molar-refractivity contribution in [2.75, 3.05) is 26.7 Å². The van der Waals surface area contributed by atoms with Crippen LogP contribution < -0.4 is 12.4 Å². The van der Waals surface area contributed by atoms with Crippen molar-refractivity contribution in [1.29, 1.82) is 0 Å². The fourth-order valence-electron chi connectivity index (χ4n) is 4.16. The molecule has 0 unspecified atom stereocenters. The van der Waals surface area contributed by atoms with Gasteiger partial charge < -0.3 is 27.1 Å². The lowest BCUT2D eigenvalue weighted by atomic mass is 10.1. The summed E-state index contributed by atoms with van der Waals surface area (Å²) in [4.78, 5) is 18.2. The van der Waals surface area contributed by atoms with Crippen LogP contribution in [0.4, 0.5) is 0 Å². The summed E-state index contributed by atoms with van der Waals surface area (Å²) < 4.78 is 1.36. The van der Waals surface area contributed by atoms with Gasteiger partial charge in [0.1, 0.15) is 0 Å². The summed E-state index contributed by atoms with van der Waals surface area (Å²) in [6, 6.07) is 0. The summed E-state index contributed by atoms with van der Waals surface area (Å²) in [5.74, 6) is -3.65. The Kier molecular flexibility index (Phi) is 30.6. The van der Waals surface area contributed by atoms with E-state index in [1.165, 1.54) is 140 Å². The summed E-state index contributed by atoms with van der Waals surface area (Å²) in [6.07, 6.45) is 25.9. The molecule has 33 heavy (non-hydrogen) atoms. The molecule has 0 aromatic carbocycles. The smallest absolute Gasteiger partial charge is 0.414 e. The Labute approximate surface area is 211 Å². The van der Waals surface area contributed by atoms with E-state index >= 15 is 0 Å². The lowest BCUT2D eigenvalue weighted by molar-refractivity contribution is -0.910. The standard InChI is InChI=1S/C25H54N.C2H2O4.ClH/c1-5-8-11-14-17-20-23-26(4,24-21-18-15-12-9-6-2)25-22-19-16-13-10-7-3;3-1(4)2(5)6;/h5-25H2,1-4H3;(H,3,4)(H,5,6);1H/q+1;;/p-1. The van der Waals surface area contributed by atoms with Gasteiger partial charge in [0.05, 0.1) is 26.7 Å². The number of hydrogen-bond donors (Lipinski definition) is 2. The minimum absolute atomic E-state index is 0. The summed E-state index contributed by atoms with van der Waals surface area (Å²) in [5.41, 5.74) is 0. The predicted molar refractivity (Wildman–Crippen MR) is 136 cm³/mol. The molecule has 6 heteroatoms. The van der Waals surface area contributed by atoms with Crippen LogP contribution in [0.2, 0.25) is 0 Å². The van der Waals surface area contributed by atoms with Crippen LogP contribution in [-0.2, 0) is 9.59 Å². The minimum atomic E-state index is -1.82. The zero-order chi connectivity index (χ0) is 24.5. The van der Waals surface area contributed by atoms with Crippen molar-refractivity contribution in [3.63, 3.8) is 0 Å². The quantitative estimate of drug-likeness (QED) is 0.138. The lowest BCUT2D eigenvalue weighted by Crippen LogP contribution is -3.00. The topological polar surface area (TPSA) is 74.6 Å². The molecule has 200 valence electrons. The molecule has 0 aliphatic rings. The second-order valence-corrected chi connectivity index (χ2v) is 9.70. The highest BCUT2D eigenvalue weighted by atomic mass is 35.5. The average Bonchev–Trinajstić information content (AvgIpc) is 2.76. The van der Waals surface area contributed by atoms with Gasteiger partial charge in [-0.2, -0.15) is 0 Å². The first-order valence-corrected chi connectivity index (χ1v) is 13.6. The van der Waals surface area contributed by atoms with E-state index in [-0.39, 0.29) is 12.4 Å². The summed E-state index contributed by atoms with van der Waals surface area (Å²) >= 11 is 0. The Hall–Kier alpha value is -0.810. The highest BCUT2D eigenvalue weighted by Crippen LogP contribution is 2.16. The molecule has 0 heterocycles. The molecule has 0 aromatic rings. The maximum absolute atomic E-state index is 9.10. The largest absolute Gasteiger partial charge is 1.00 e. The second-order valence-electron chi connectivity index (χ2n) is 9.70. The zero-order valence-electron chi connectivity index (χ0n) is 22.4. The molecule has 5 nitrogen and oxygen atoms in total. The number of unbranched alkanes of at least 4 members (excludes halogenated alkanes) is 15. The number of carboxylic acids is 2. The van der Waals surface area contributed by atoms with Gasteiger partial charge in [-0.1, -0.05) is 97.8 Å². The molecule has 0 aliphatic heterocycles. The van der Waals surface area contributed by atoms with Gasteiger partial charge in [0.25, 0.3) is 0 Å². The van der Waals surface area contributed by atoms with Crippen LogP contribution in [0.5, 0.6) is 0 Å². The third kappa shape index (κ3) is 29.2. The molecule has 0 aliphatic carbocycles. The van der Waals surface area contributed by atoms with Gasteiger partial charge >= 0.3 is 11.9 Å². The first kappa shape index (κ1) is 36.8. The molecule has 0 aromatic heterocycles. The van der Waals surface area contributed by atoms with Crippen LogP contribution in [0.1, 0.15) is 136 Å². The van der Waals surface area contributed by atoms with Crippen molar-refractivity contribution in [2.24, 2.45) is 0 Å². The maximum Gasteiger partial charge on any atom is 0.414 e. The van der Waals surface area contributed by atoms with Crippen LogP contribution in [0.3, 0.4) is 0 Å². The number of hydrogen-bond acceptors (Lipinski definition) is 2. The molecular weight excluding hydrogens is 438 g/mol. The van der Waals surface area contributed by atoms with Crippen LogP contribution in [0.25, 0.3) is 0 Å². The second kappa shape index (κ2) is 27.4. The zero-order valence-corrected chi connectivity index (χ0v) is 23.1. The van der Waals surface area contributed by atoms with Gasteiger partial charge in [-0.15, -0.1) is 0 Å². The van der Waals surface area contributed by atoms with E-state index in [2.05, 4.69) is 27.8 Å². The Morgan fingerprint density at radius 3 is 0.909 bits per heavy atom. The van der Waals surface area contributed by atoms with Gasteiger partial charge in [-0.05, 0) is 38.5 Å². The van der Waals surface area contributed by atoms with Crippen molar-refractivity contribution in [2.45, 2.75) is 136 Å². The molecule has 0 saturated heterocycles. The lowest BCUT2D eigenvalue weighted by Gasteiger charge is -2.35. The highest BCUT2D eigenvalue weighted by Gasteiger charge is 2.20. The number of halogens is 1. The monoisotopic (exact) mass is 493 g/mol. The molecule has 0 rings (SSSR count). The molecule has 0 bridgehead atoms. The molecule has 2 N–H and O–H groups in total. The summed E-state index contributed by atoms with van der Waals surface area (Å²) in [6.45, 7) is 11.2. The Morgan fingerprint density at radius 1 is 0.485 bits per heavy atom. The maximum atomic E-state index is 9.10. The van der Waals surface area contributed by atoms with Gasteiger partial charge in [-0.3, -0.25) is 0 Å². The number of carboxylic acid groups (broad SMARTS) is 2. The van der Waals surface area contributed by atoms with Crippen molar-refractivity contribution >= 4 is 11.9 Å². The van der Waals surface area contributed by atoms with E-state index in [9.17, 15) is 0 Å². The summed E-state index contributed by atoms with van der Waals surface area (Å²) in [5, 5.41) is 14.8. The third-order valence-corrected chi connectivity index (χ3v) is 6.34. The SMILES string of the molecule is CCCCCCCC[N+](C)(CCCCCCCC)CCCCCCCC.O=C(O)C(=O)O.[Cl-]. The number of nitrogens with zero attached hydrogens (tertiary/aromatic N) is 1. The van der Waals surface area contributed by atoms with Gasteiger partial charge in [0.15, 0.2) is 0 Å². The minimum Gasteiger partial charge on any atom is -1.00 e. The van der Waals surface area contributed by atoms with Crippen LogP contribution in [-0.4, -0.2) is 53.3 Å². The molecule has 0 amide bonds. The van der Waals surface area contributed by atoms with Crippen molar-refractivity contribution < 1.29 is 36.7 Å². The first-order valence-electron chi connectivity index (χ1n) is 13.6. The molecule has 0 atom stereocenters. The fraction of sp³-hybridized carbons (Fsp3) is 0.926. The first-order chi connectivity index (χ1) is 15.3. The van der Waals surface area contributed by atoms with Crippen molar-refractivity contribution in [1.82, 2.24) is 0 Å². The van der Waals surface area contributed by atoms with Crippen molar-refractivity contribution in [3.8, 4) is 0 Å². The normalized spacial score (nSPS) is 10.8. The number of aliphatic carboxylic acids is 2. The van der Waals surface area contributed by atoms with E-state index in [4.69, 9.17) is 19.8 Å². The van der Waals surface area contributed by atoms with E-state index in [0.717, 1.165) is 0 Å². The van der Waals surface area contributed by atoms with E-state index in [1.807, 2.05) is 0 Å². The van der Waals surface area contributed by atoms with Gasteiger partial charge in [-0.25, -0.2) is 9.59 Å². The van der Waals surface area contributed by atoms with E-state index in [0.29, 0.717) is 0 Å². The Morgan fingerprint density at radius 2 is 0.697 bits per heavy atom. The van der Waals surface area contributed by atoms with Gasteiger partial charge in [0.2, 0.25) is 0 Å². The molecule has 0 saturated carbocycles. The summed E-state index contributed by atoms with van der Waals surface area (Å²) in [7, 11) is 2.56. The van der Waals surface area contributed by atoms with E-state index < -0.39 is 11.9 Å². The van der Waals surface area contributed by atoms with Crippen LogP contribution >= 0.6 is 0 Å². The van der Waals surface area contributed by atoms with Crippen molar-refractivity contribution in [3.05, 3.63) is 0 Å². The average molecular weight is 494 g/mol. The number of carbonyl (C=O) groups is 2. The Bertz CT molecular complexity index is 380.